The molecule has 0 unspecified atom stereocenters. The molecule has 0 aliphatic carbocycles. The molecule has 0 aliphatic rings. The lowest BCUT2D eigenvalue weighted by Gasteiger charge is -2.08. The molecule has 0 saturated heterocycles. The summed E-state index contributed by atoms with van der Waals surface area (Å²) in [5, 5.41) is 3.19. The third-order valence-electron chi connectivity index (χ3n) is 1.73. The van der Waals surface area contributed by atoms with Gasteiger partial charge < -0.3 is 5.32 Å². The lowest BCUT2D eigenvalue weighted by atomic mass is 10.2. The predicted molar refractivity (Wildman–Crippen MR) is 59.8 cm³/mol. The molecule has 1 N–H and O–H groups in total. The van der Waals surface area contributed by atoms with Gasteiger partial charge in [-0.25, -0.2) is 0 Å². The van der Waals surface area contributed by atoms with E-state index in [1.165, 1.54) is 0 Å². The quantitative estimate of drug-likeness (QED) is 0.420. The Morgan fingerprint density at radius 2 is 2.15 bits per heavy atom. The van der Waals surface area contributed by atoms with Gasteiger partial charge in [0.15, 0.2) is 0 Å². The standard InChI is InChI=1S/C10H14N2S/c1-3-12-10(11-2)8-6-4-5-7-9(8)13/h4-7,13H,3H2,1-2H3,(H,11,12). The van der Waals surface area contributed by atoms with Crippen LogP contribution in [0, 0.1) is 0 Å². The molecule has 1 aromatic carbocycles. The van der Waals surface area contributed by atoms with Gasteiger partial charge in [-0.2, -0.15) is 0 Å². The molecule has 1 rings (SSSR count). The number of aliphatic imine (C=N–C) groups is 1. The normalized spacial score (nSPS) is 11.5. The van der Waals surface area contributed by atoms with Crippen LogP contribution in [0.25, 0.3) is 0 Å². The molecule has 0 saturated carbocycles. The van der Waals surface area contributed by atoms with Crippen LogP contribution in [0.1, 0.15) is 12.5 Å². The fourth-order valence-corrected chi connectivity index (χ4v) is 1.40. The minimum absolute atomic E-state index is 0.870. The van der Waals surface area contributed by atoms with Gasteiger partial charge in [-0.15, -0.1) is 12.6 Å². The van der Waals surface area contributed by atoms with E-state index in [9.17, 15) is 0 Å². The fourth-order valence-electron chi connectivity index (χ4n) is 1.14. The van der Waals surface area contributed by atoms with E-state index in [1.807, 2.05) is 31.2 Å². The summed E-state index contributed by atoms with van der Waals surface area (Å²) in [5.41, 5.74) is 1.05. The monoisotopic (exact) mass is 194 g/mol. The number of benzene rings is 1. The third-order valence-corrected chi connectivity index (χ3v) is 2.12. The first-order valence-electron chi connectivity index (χ1n) is 4.28. The summed E-state index contributed by atoms with van der Waals surface area (Å²) in [6, 6.07) is 7.91. The van der Waals surface area contributed by atoms with Crippen molar-refractivity contribution in [3.63, 3.8) is 0 Å². The van der Waals surface area contributed by atoms with E-state index in [2.05, 4.69) is 22.9 Å². The Balaban J connectivity index is 2.99. The first-order chi connectivity index (χ1) is 6.29. The van der Waals surface area contributed by atoms with Crippen molar-refractivity contribution in [3.05, 3.63) is 29.8 Å². The Morgan fingerprint density at radius 3 is 2.69 bits per heavy atom. The maximum absolute atomic E-state index is 4.36. The predicted octanol–water partition coefficient (Wildman–Crippen LogP) is 1.96. The van der Waals surface area contributed by atoms with Gasteiger partial charge in [0.25, 0.3) is 0 Å². The maximum Gasteiger partial charge on any atom is 0.129 e. The lowest BCUT2D eigenvalue weighted by Crippen LogP contribution is -2.24. The number of amidine groups is 1. The van der Waals surface area contributed by atoms with Crippen molar-refractivity contribution < 1.29 is 0 Å². The van der Waals surface area contributed by atoms with Crippen LogP contribution in [0.15, 0.2) is 34.2 Å². The van der Waals surface area contributed by atoms with Crippen LogP contribution >= 0.6 is 12.6 Å². The van der Waals surface area contributed by atoms with Gasteiger partial charge >= 0.3 is 0 Å². The van der Waals surface area contributed by atoms with Crippen LogP contribution < -0.4 is 5.32 Å². The Hall–Kier alpha value is -0.960. The highest BCUT2D eigenvalue weighted by molar-refractivity contribution is 7.80. The Kier molecular flexibility index (Phi) is 3.83. The van der Waals surface area contributed by atoms with E-state index in [0.29, 0.717) is 0 Å². The van der Waals surface area contributed by atoms with Crippen molar-refractivity contribution in [1.82, 2.24) is 5.32 Å². The van der Waals surface area contributed by atoms with Crippen molar-refractivity contribution >= 4 is 18.5 Å². The largest absolute Gasteiger partial charge is 0.370 e. The Labute approximate surface area is 84.5 Å². The van der Waals surface area contributed by atoms with E-state index in [0.717, 1.165) is 22.8 Å². The Morgan fingerprint density at radius 1 is 1.46 bits per heavy atom. The average molecular weight is 194 g/mol. The summed E-state index contributed by atoms with van der Waals surface area (Å²) < 4.78 is 0. The molecule has 0 fully saturated rings. The molecule has 0 spiro atoms. The highest BCUT2D eigenvalue weighted by Gasteiger charge is 2.03. The molecule has 0 heterocycles. The van der Waals surface area contributed by atoms with Gasteiger partial charge in [0.2, 0.25) is 0 Å². The fraction of sp³-hybridized carbons (Fsp3) is 0.300. The second-order valence-electron chi connectivity index (χ2n) is 2.62. The summed E-state index contributed by atoms with van der Waals surface area (Å²) >= 11 is 4.36. The molecule has 0 radical (unpaired) electrons. The van der Waals surface area contributed by atoms with Crippen LogP contribution in [0.5, 0.6) is 0 Å². The molecule has 70 valence electrons. The van der Waals surface area contributed by atoms with E-state index in [1.54, 1.807) is 7.05 Å². The number of nitrogens with zero attached hydrogens (tertiary/aromatic N) is 1. The zero-order chi connectivity index (χ0) is 9.68. The topological polar surface area (TPSA) is 24.4 Å². The van der Waals surface area contributed by atoms with Gasteiger partial charge in [0.1, 0.15) is 5.84 Å². The summed E-state index contributed by atoms with van der Waals surface area (Å²) in [6.45, 7) is 2.92. The number of hydrogen-bond acceptors (Lipinski definition) is 2. The molecule has 0 aromatic heterocycles. The zero-order valence-corrected chi connectivity index (χ0v) is 8.81. The molecule has 2 nitrogen and oxygen atoms in total. The third kappa shape index (κ3) is 2.49. The zero-order valence-electron chi connectivity index (χ0n) is 7.91. The molecule has 1 aromatic rings. The van der Waals surface area contributed by atoms with E-state index in [-0.39, 0.29) is 0 Å². The summed E-state index contributed by atoms with van der Waals surface area (Å²) in [6.07, 6.45) is 0. The average Bonchev–Trinajstić information content (AvgIpc) is 2.16. The van der Waals surface area contributed by atoms with Crippen molar-refractivity contribution in [3.8, 4) is 0 Å². The van der Waals surface area contributed by atoms with Crippen LogP contribution in [-0.2, 0) is 0 Å². The van der Waals surface area contributed by atoms with Crippen LogP contribution in [0.2, 0.25) is 0 Å². The minimum Gasteiger partial charge on any atom is -0.370 e. The highest BCUT2D eigenvalue weighted by atomic mass is 32.1. The van der Waals surface area contributed by atoms with Gasteiger partial charge in [0.05, 0.1) is 0 Å². The smallest absolute Gasteiger partial charge is 0.129 e. The van der Waals surface area contributed by atoms with Gasteiger partial charge in [0, 0.05) is 24.1 Å². The van der Waals surface area contributed by atoms with Gasteiger partial charge in [-0.05, 0) is 13.0 Å². The van der Waals surface area contributed by atoms with Crippen molar-refractivity contribution in [2.45, 2.75) is 11.8 Å². The van der Waals surface area contributed by atoms with Crippen molar-refractivity contribution in [2.24, 2.45) is 4.99 Å². The molecular formula is C10H14N2S. The summed E-state index contributed by atoms with van der Waals surface area (Å²) in [5.74, 6) is 0.896. The van der Waals surface area contributed by atoms with E-state index < -0.39 is 0 Å². The molecular weight excluding hydrogens is 180 g/mol. The summed E-state index contributed by atoms with van der Waals surface area (Å²) in [7, 11) is 1.78. The van der Waals surface area contributed by atoms with Crippen LogP contribution in [0.3, 0.4) is 0 Å². The van der Waals surface area contributed by atoms with Gasteiger partial charge in [-0.1, -0.05) is 18.2 Å². The van der Waals surface area contributed by atoms with Crippen LogP contribution in [-0.4, -0.2) is 19.4 Å². The summed E-state index contributed by atoms with van der Waals surface area (Å²) in [4.78, 5) is 5.11. The van der Waals surface area contributed by atoms with Crippen LogP contribution in [0.4, 0.5) is 0 Å². The van der Waals surface area contributed by atoms with Crippen molar-refractivity contribution in [2.75, 3.05) is 13.6 Å². The van der Waals surface area contributed by atoms with E-state index >= 15 is 0 Å². The number of nitrogens with one attached hydrogen (secondary N) is 1. The number of rotatable bonds is 2. The first-order valence-corrected chi connectivity index (χ1v) is 4.73. The van der Waals surface area contributed by atoms with Crippen molar-refractivity contribution in [1.29, 1.82) is 0 Å². The second kappa shape index (κ2) is 4.92. The number of hydrogen-bond donors (Lipinski definition) is 2. The van der Waals surface area contributed by atoms with E-state index in [4.69, 9.17) is 0 Å². The molecule has 13 heavy (non-hydrogen) atoms. The molecule has 0 atom stereocenters. The Bertz CT molecular complexity index is 308. The SMILES string of the molecule is CCNC(=NC)c1ccccc1S. The molecule has 0 amide bonds. The van der Waals surface area contributed by atoms with Gasteiger partial charge in [-0.3, -0.25) is 4.99 Å². The first kappa shape index (κ1) is 10.1. The molecule has 3 heteroatoms. The number of thiol groups is 1. The second-order valence-corrected chi connectivity index (χ2v) is 3.10. The molecule has 0 bridgehead atoms. The lowest BCUT2D eigenvalue weighted by molar-refractivity contribution is 0.958. The molecule has 0 aliphatic heterocycles. The highest BCUT2D eigenvalue weighted by Crippen LogP contribution is 2.12. The minimum atomic E-state index is 0.870. The maximum atomic E-state index is 4.36.